The van der Waals surface area contributed by atoms with Crippen LogP contribution in [-0.4, -0.2) is 68.4 Å². The van der Waals surface area contributed by atoms with Crippen molar-refractivity contribution in [2.75, 3.05) is 37.8 Å². The zero-order valence-electron chi connectivity index (χ0n) is 7.92. The van der Waals surface area contributed by atoms with Gasteiger partial charge in [-0.2, -0.15) is 0 Å². The molecule has 0 unspecified atom stereocenters. The van der Waals surface area contributed by atoms with Gasteiger partial charge in [0.25, 0.3) is 0 Å². The van der Waals surface area contributed by atoms with E-state index in [0.29, 0.717) is 13.2 Å². The van der Waals surface area contributed by atoms with Crippen LogP contribution in [0.2, 0.25) is 0 Å². The highest BCUT2D eigenvalue weighted by atomic mass is 32.2. The third-order valence-electron chi connectivity index (χ3n) is 2.81. The van der Waals surface area contributed by atoms with Gasteiger partial charge in [0.2, 0.25) is 0 Å². The van der Waals surface area contributed by atoms with Gasteiger partial charge in [-0.1, -0.05) is 0 Å². The number of sulfone groups is 1. The summed E-state index contributed by atoms with van der Waals surface area (Å²) in [4.78, 5) is 2.01. The fourth-order valence-corrected chi connectivity index (χ4v) is 3.90. The van der Waals surface area contributed by atoms with Crippen molar-refractivity contribution in [3.05, 3.63) is 0 Å². The Morgan fingerprint density at radius 3 is 2.36 bits per heavy atom. The highest BCUT2D eigenvalue weighted by Gasteiger charge is 2.40. The number of rotatable bonds is 1. The summed E-state index contributed by atoms with van der Waals surface area (Å²) in [6.45, 7) is 2.70. The second-order valence-electron chi connectivity index (χ2n) is 3.86. The summed E-state index contributed by atoms with van der Waals surface area (Å²) in [7, 11) is -3.03. The minimum Gasteiger partial charge on any atom is -0.390 e. The first-order chi connectivity index (χ1) is 6.58. The molecule has 0 bridgehead atoms. The van der Waals surface area contributed by atoms with Gasteiger partial charge >= 0.3 is 0 Å². The van der Waals surface area contributed by atoms with Gasteiger partial charge in [-0.25, -0.2) is 8.42 Å². The lowest BCUT2D eigenvalue weighted by molar-refractivity contribution is -0.00579. The Hall–Kier alpha value is -0.170. The number of aliphatic hydroxyl groups excluding tert-OH is 1. The molecule has 0 aromatic heterocycles. The van der Waals surface area contributed by atoms with Crippen LogP contribution in [-0.2, 0) is 14.6 Å². The van der Waals surface area contributed by atoms with E-state index in [2.05, 4.69) is 0 Å². The molecule has 0 spiro atoms. The molecule has 0 radical (unpaired) electrons. The monoisotopic (exact) mass is 221 g/mol. The smallest absolute Gasteiger partial charge is 0.154 e. The van der Waals surface area contributed by atoms with Gasteiger partial charge in [0.15, 0.2) is 9.84 Å². The Morgan fingerprint density at radius 1 is 1.21 bits per heavy atom. The summed E-state index contributed by atoms with van der Waals surface area (Å²) < 4.78 is 27.7. The second-order valence-corrected chi connectivity index (χ2v) is 6.01. The van der Waals surface area contributed by atoms with Crippen LogP contribution in [0, 0.1) is 0 Å². The third kappa shape index (κ3) is 2.08. The van der Waals surface area contributed by atoms with E-state index in [1.807, 2.05) is 4.90 Å². The summed E-state index contributed by atoms with van der Waals surface area (Å²) in [5.74, 6) is 0.00317. The molecule has 2 heterocycles. The molecule has 2 fully saturated rings. The molecule has 2 aliphatic rings. The first kappa shape index (κ1) is 10.4. The van der Waals surface area contributed by atoms with Crippen LogP contribution in [0.1, 0.15) is 0 Å². The van der Waals surface area contributed by atoms with Crippen LogP contribution in [0.4, 0.5) is 0 Å². The van der Waals surface area contributed by atoms with Crippen molar-refractivity contribution in [3.63, 3.8) is 0 Å². The Kier molecular flexibility index (Phi) is 2.79. The molecule has 0 aliphatic carbocycles. The van der Waals surface area contributed by atoms with Crippen LogP contribution in [0.5, 0.6) is 0 Å². The topological polar surface area (TPSA) is 66.8 Å². The van der Waals surface area contributed by atoms with Gasteiger partial charge in [0.05, 0.1) is 36.9 Å². The summed E-state index contributed by atoms with van der Waals surface area (Å²) in [5, 5.41) is 9.62. The van der Waals surface area contributed by atoms with Gasteiger partial charge in [-0.15, -0.1) is 0 Å². The minimum absolute atomic E-state index is 0.0883. The van der Waals surface area contributed by atoms with E-state index in [0.717, 1.165) is 13.1 Å². The fourth-order valence-electron chi connectivity index (χ4n) is 2.07. The molecule has 6 heteroatoms. The Balaban J connectivity index is 2.04. The van der Waals surface area contributed by atoms with E-state index in [-0.39, 0.29) is 17.5 Å². The van der Waals surface area contributed by atoms with Crippen molar-refractivity contribution in [1.82, 2.24) is 4.90 Å². The van der Waals surface area contributed by atoms with Crippen LogP contribution in [0.15, 0.2) is 0 Å². The van der Waals surface area contributed by atoms with Gasteiger partial charge in [-0.3, -0.25) is 4.90 Å². The van der Waals surface area contributed by atoms with Crippen molar-refractivity contribution in [1.29, 1.82) is 0 Å². The molecule has 0 amide bonds. The van der Waals surface area contributed by atoms with Crippen molar-refractivity contribution in [2.24, 2.45) is 0 Å². The molecular weight excluding hydrogens is 206 g/mol. The average Bonchev–Trinajstić information content (AvgIpc) is 2.41. The summed E-state index contributed by atoms with van der Waals surface area (Å²) >= 11 is 0. The molecule has 82 valence electrons. The number of hydrogen-bond donors (Lipinski definition) is 1. The van der Waals surface area contributed by atoms with Crippen LogP contribution in [0.3, 0.4) is 0 Å². The predicted octanol–water partition coefficient (Wildman–Crippen LogP) is -1.52. The molecule has 2 rings (SSSR count). The van der Waals surface area contributed by atoms with Crippen molar-refractivity contribution >= 4 is 9.84 Å². The molecule has 2 saturated heterocycles. The largest absolute Gasteiger partial charge is 0.390 e. The van der Waals surface area contributed by atoms with E-state index < -0.39 is 15.9 Å². The lowest BCUT2D eigenvalue weighted by Crippen LogP contribution is -2.48. The Labute approximate surface area is 83.6 Å². The number of nitrogens with zero attached hydrogens (tertiary/aromatic N) is 1. The summed E-state index contributed by atoms with van der Waals surface area (Å²) in [5.41, 5.74) is 0. The maximum atomic E-state index is 11.3. The van der Waals surface area contributed by atoms with Crippen LogP contribution < -0.4 is 0 Å². The van der Waals surface area contributed by atoms with E-state index >= 15 is 0 Å². The second kappa shape index (κ2) is 3.77. The van der Waals surface area contributed by atoms with Crippen LogP contribution >= 0.6 is 0 Å². The SMILES string of the molecule is O=S1(=O)C[C@@H](O)[C@H](N2CCOCC2)C1. The van der Waals surface area contributed by atoms with Gasteiger partial charge < -0.3 is 9.84 Å². The highest BCUT2D eigenvalue weighted by Crippen LogP contribution is 2.19. The molecule has 2 aliphatic heterocycles. The molecule has 0 aromatic carbocycles. The molecule has 0 aromatic rings. The predicted molar refractivity (Wildman–Crippen MR) is 50.8 cm³/mol. The number of aliphatic hydroxyl groups is 1. The summed E-state index contributed by atoms with van der Waals surface area (Å²) in [6, 6.07) is -0.219. The van der Waals surface area contributed by atoms with E-state index in [4.69, 9.17) is 4.74 Å². The lowest BCUT2D eigenvalue weighted by Gasteiger charge is -2.32. The number of morpholine rings is 1. The van der Waals surface area contributed by atoms with Gasteiger partial charge in [0.1, 0.15) is 0 Å². The zero-order chi connectivity index (χ0) is 10.2. The molecular formula is C8H15NO4S. The minimum atomic E-state index is -3.03. The molecule has 2 atom stereocenters. The first-order valence-electron chi connectivity index (χ1n) is 4.79. The number of ether oxygens (including phenoxy) is 1. The van der Waals surface area contributed by atoms with Gasteiger partial charge in [0, 0.05) is 13.1 Å². The van der Waals surface area contributed by atoms with Crippen LogP contribution in [0.25, 0.3) is 0 Å². The standard InChI is InChI=1S/C8H15NO4S/c10-8-6-14(11,12)5-7(8)9-1-3-13-4-2-9/h7-8,10H,1-6H2/t7-,8-/m1/s1. The fraction of sp³-hybridized carbons (Fsp3) is 1.00. The normalized spacial score (nSPS) is 38.6. The maximum Gasteiger partial charge on any atom is 0.154 e. The lowest BCUT2D eigenvalue weighted by atomic mass is 10.2. The molecule has 0 saturated carbocycles. The third-order valence-corrected chi connectivity index (χ3v) is 4.51. The quantitative estimate of drug-likeness (QED) is 0.582. The van der Waals surface area contributed by atoms with Crippen molar-refractivity contribution in [3.8, 4) is 0 Å². The van der Waals surface area contributed by atoms with E-state index in [1.54, 1.807) is 0 Å². The van der Waals surface area contributed by atoms with Gasteiger partial charge in [-0.05, 0) is 0 Å². The average molecular weight is 221 g/mol. The van der Waals surface area contributed by atoms with Crippen molar-refractivity contribution < 1.29 is 18.3 Å². The summed E-state index contributed by atoms with van der Waals surface area (Å²) in [6.07, 6.45) is -0.724. The van der Waals surface area contributed by atoms with E-state index in [9.17, 15) is 13.5 Å². The Bertz CT molecular complexity index is 296. The maximum absolute atomic E-state index is 11.3. The zero-order valence-corrected chi connectivity index (χ0v) is 8.74. The first-order valence-corrected chi connectivity index (χ1v) is 6.61. The van der Waals surface area contributed by atoms with Crippen molar-refractivity contribution in [2.45, 2.75) is 12.1 Å². The van der Waals surface area contributed by atoms with E-state index in [1.165, 1.54) is 0 Å². The highest BCUT2D eigenvalue weighted by molar-refractivity contribution is 7.91. The number of hydrogen-bond acceptors (Lipinski definition) is 5. The molecule has 14 heavy (non-hydrogen) atoms. The Morgan fingerprint density at radius 2 is 1.86 bits per heavy atom. The molecule has 5 nitrogen and oxygen atoms in total. The molecule has 1 N–H and O–H groups in total.